The van der Waals surface area contributed by atoms with Gasteiger partial charge in [-0.2, -0.15) is 0 Å². The zero-order valence-electron chi connectivity index (χ0n) is 18.7. The van der Waals surface area contributed by atoms with E-state index < -0.39 is 0 Å². The number of hydrogen-bond acceptors (Lipinski definition) is 6. The van der Waals surface area contributed by atoms with Crippen LogP contribution in [0.4, 0.5) is 5.69 Å². The molecule has 1 amide bonds. The number of carbonyl (C=O) groups is 1. The number of para-hydroxylation sites is 3. The van der Waals surface area contributed by atoms with Crippen LogP contribution in [0.2, 0.25) is 0 Å². The third kappa shape index (κ3) is 4.87. The first-order valence-electron chi connectivity index (χ1n) is 10.9. The lowest BCUT2D eigenvalue weighted by Crippen LogP contribution is -2.22. The van der Waals surface area contributed by atoms with E-state index in [0.29, 0.717) is 33.3 Å². The Balaban J connectivity index is 1.44. The summed E-state index contributed by atoms with van der Waals surface area (Å²) in [7, 11) is 0. The predicted octanol–water partition coefficient (Wildman–Crippen LogP) is 4.48. The van der Waals surface area contributed by atoms with Gasteiger partial charge in [-0.25, -0.2) is 9.38 Å². The maximum absolute atomic E-state index is 13.1. The number of fused-ring (bicyclic) bond motifs is 3. The average Bonchev–Trinajstić information content (AvgIpc) is 3.35. The second kappa shape index (κ2) is 10.0. The van der Waals surface area contributed by atoms with Gasteiger partial charge in [0, 0.05) is 5.69 Å². The van der Waals surface area contributed by atoms with E-state index in [1.807, 2.05) is 79.7 Å². The molecule has 0 aliphatic rings. The van der Waals surface area contributed by atoms with Crippen LogP contribution >= 0.6 is 33.9 Å². The Labute approximate surface area is 218 Å². The zero-order valence-corrected chi connectivity index (χ0v) is 21.6. The van der Waals surface area contributed by atoms with Crippen LogP contribution in [0.3, 0.4) is 0 Å². The number of thiazole rings is 1. The first-order valence-corrected chi connectivity index (χ1v) is 12.8. The van der Waals surface area contributed by atoms with Crippen molar-refractivity contribution in [2.24, 2.45) is 0 Å². The van der Waals surface area contributed by atoms with E-state index in [4.69, 9.17) is 9.47 Å². The quantitative estimate of drug-likeness (QED) is 0.280. The molecule has 7 nitrogen and oxygen atoms in total. The number of rotatable bonds is 7. The van der Waals surface area contributed by atoms with Crippen molar-refractivity contribution in [2.75, 3.05) is 18.5 Å². The number of halogens is 1. The second-order valence-corrected chi connectivity index (χ2v) is 9.77. The lowest BCUT2D eigenvalue weighted by molar-refractivity contribution is -0.118. The van der Waals surface area contributed by atoms with Gasteiger partial charge in [0.05, 0.1) is 25.7 Å². The Kier molecular flexibility index (Phi) is 6.69. The van der Waals surface area contributed by atoms with Crippen LogP contribution < -0.4 is 24.9 Å². The van der Waals surface area contributed by atoms with Gasteiger partial charge in [0.2, 0.25) is 0 Å². The number of nitrogens with zero attached hydrogens (tertiary/aromatic N) is 2. The van der Waals surface area contributed by atoms with E-state index in [-0.39, 0.29) is 18.1 Å². The van der Waals surface area contributed by atoms with Crippen molar-refractivity contribution in [2.45, 2.75) is 6.92 Å². The molecule has 35 heavy (non-hydrogen) atoms. The smallest absolute Gasteiger partial charge is 0.274 e. The van der Waals surface area contributed by atoms with E-state index in [9.17, 15) is 9.59 Å². The molecule has 5 aromatic rings. The minimum absolute atomic E-state index is 0.107. The molecule has 0 radical (unpaired) electrons. The highest BCUT2D eigenvalue weighted by Crippen LogP contribution is 2.34. The molecule has 9 heteroatoms. The summed E-state index contributed by atoms with van der Waals surface area (Å²) in [5.74, 6) is 0.731. The lowest BCUT2D eigenvalue weighted by Gasteiger charge is -2.14. The highest BCUT2D eigenvalue weighted by molar-refractivity contribution is 14.1. The van der Waals surface area contributed by atoms with Gasteiger partial charge in [0.1, 0.15) is 0 Å². The van der Waals surface area contributed by atoms with E-state index in [1.165, 1.54) is 11.3 Å². The molecule has 0 saturated heterocycles. The molecule has 0 aliphatic heterocycles. The van der Waals surface area contributed by atoms with Crippen molar-refractivity contribution < 1.29 is 14.3 Å². The Hall–Kier alpha value is -3.44. The molecule has 0 fully saturated rings. The third-order valence-corrected chi connectivity index (χ3v) is 6.95. The molecule has 0 bridgehead atoms. The minimum Gasteiger partial charge on any atom is -0.490 e. The van der Waals surface area contributed by atoms with Crippen LogP contribution in [0.5, 0.6) is 11.5 Å². The molecular formula is C26H20IN3O4S. The molecule has 0 saturated carbocycles. The van der Waals surface area contributed by atoms with Crippen molar-refractivity contribution in [3.8, 4) is 11.5 Å². The van der Waals surface area contributed by atoms with Gasteiger partial charge in [-0.3, -0.25) is 9.59 Å². The molecule has 0 spiro atoms. The van der Waals surface area contributed by atoms with Crippen molar-refractivity contribution >= 4 is 67.6 Å². The zero-order chi connectivity index (χ0) is 24.4. The van der Waals surface area contributed by atoms with E-state index in [1.54, 1.807) is 4.40 Å². The molecule has 1 N–H and O–H groups in total. The summed E-state index contributed by atoms with van der Waals surface area (Å²) >= 11 is 3.49. The van der Waals surface area contributed by atoms with Gasteiger partial charge in [-0.1, -0.05) is 41.7 Å². The fourth-order valence-electron chi connectivity index (χ4n) is 3.69. The van der Waals surface area contributed by atoms with Gasteiger partial charge >= 0.3 is 0 Å². The number of amides is 1. The van der Waals surface area contributed by atoms with Crippen molar-refractivity contribution in [1.29, 1.82) is 0 Å². The van der Waals surface area contributed by atoms with E-state index >= 15 is 0 Å². The van der Waals surface area contributed by atoms with Gasteiger partial charge in [0.25, 0.3) is 11.5 Å². The SMILES string of the molecule is CCOc1cc(/C=c2\sc3nc4ccccc4n3c2=O)cc(I)c1OCC(=O)Nc1ccccc1. The van der Waals surface area contributed by atoms with Crippen molar-refractivity contribution in [3.63, 3.8) is 0 Å². The summed E-state index contributed by atoms with van der Waals surface area (Å²) in [6.07, 6.45) is 1.83. The van der Waals surface area contributed by atoms with Crippen LogP contribution in [0.15, 0.2) is 71.5 Å². The van der Waals surface area contributed by atoms with Gasteiger partial charge in [0.15, 0.2) is 23.1 Å². The monoisotopic (exact) mass is 597 g/mol. The topological polar surface area (TPSA) is 81.9 Å². The Morgan fingerprint density at radius 1 is 1.11 bits per heavy atom. The molecule has 2 heterocycles. The number of hydrogen-bond donors (Lipinski definition) is 1. The molecule has 0 aliphatic carbocycles. The maximum atomic E-state index is 13.1. The first kappa shape index (κ1) is 23.3. The largest absolute Gasteiger partial charge is 0.490 e. The lowest BCUT2D eigenvalue weighted by atomic mass is 10.2. The number of anilines is 1. The van der Waals surface area contributed by atoms with Crippen LogP contribution in [-0.4, -0.2) is 28.5 Å². The summed E-state index contributed by atoms with van der Waals surface area (Å²) < 4.78 is 14.6. The number of imidazole rings is 1. The van der Waals surface area contributed by atoms with Crippen molar-refractivity contribution in [1.82, 2.24) is 9.38 Å². The first-order chi connectivity index (χ1) is 17.0. The van der Waals surface area contributed by atoms with E-state index in [2.05, 4.69) is 32.9 Å². The summed E-state index contributed by atoms with van der Waals surface area (Å²) in [6, 6.07) is 20.5. The predicted molar refractivity (Wildman–Crippen MR) is 147 cm³/mol. The molecule has 3 aromatic carbocycles. The van der Waals surface area contributed by atoms with Gasteiger partial charge in [-0.05, 0) is 77.6 Å². The fraction of sp³-hybridized carbons (Fsp3) is 0.115. The molecular weight excluding hydrogens is 577 g/mol. The Morgan fingerprint density at radius 2 is 1.89 bits per heavy atom. The van der Waals surface area contributed by atoms with Crippen LogP contribution in [-0.2, 0) is 4.79 Å². The summed E-state index contributed by atoms with van der Waals surface area (Å²) in [6.45, 7) is 2.15. The number of benzene rings is 3. The maximum Gasteiger partial charge on any atom is 0.274 e. The highest BCUT2D eigenvalue weighted by Gasteiger charge is 2.15. The molecule has 0 unspecified atom stereocenters. The summed E-state index contributed by atoms with van der Waals surface area (Å²) in [5.41, 5.74) is 2.99. The van der Waals surface area contributed by atoms with Crippen LogP contribution in [0.1, 0.15) is 12.5 Å². The molecule has 0 atom stereocenters. The number of nitrogens with one attached hydrogen (secondary N) is 1. The van der Waals surface area contributed by atoms with Crippen LogP contribution in [0.25, 0.3) is 22.1 Å². The summed E-state index contributed by atoms with van der Waals surface area (Å²) in [4.78, 5) is 30.7. The van der Waals surface area contributed by atoms with E-state index in [0.717, 1.165) is 20.2 Å². The number of ether oxygens (including phenoxy) is 2. The minimum atomic E-state index is -0.268. The standard InChI is InChI=1S/C26H20IN3O4S/c1-2-33-21-13-16(12-18(27)24(21)34-15-23(31)28-17-8-4-3-5-9-17)14-22-25(32)30-20-11-7-6-10-19(20)29-26(30)35-22/h3-14H,2,15H2,1H3,(H,28,31)/b22-14-. The number of aromatic nitrogens is 2. The Morgan fingerprint density at radius 3 is 2.69 bits per heavy atom. The molecule has 2 aromatic heterocycles. The van der Waals surface area contributed by atoms with Crippen LogP contribution in [0, 0.1) is 3.57 Å². The highest BCUT2D eigenvalue weighted by atomic mass is 127. The third-order valence-electron chi connectivity index (χ3n) is 5.18. The van der Waals surface area contributed by atoms with Gasteiger partial charge in [-0.15, -0.1) is 0 Å². The van der Waals surface area contributed by atoms with Gasteiger partial charge < -0.3 is 14.8 Å². The molecule has 5 rings (SSSR count). The normalized spacial score (nSPS) is 11.8. The molecule has 176 valence electrons. The number of carbonyl (C=O) groups excluding carboxylic acids is 1. The van der Waals surface area contributed by atoms with Crippen molar-refractivity contribution in [3.05, 3.63) is 90.7 Å². The summed E-state index contributed by atoms with van der Waals surface area (Å²) in [5, 5.41) is 2.80. The Bertz CT molecular complexity index is 1650. The fourth-order valence-corrected chi connectivity index (χ4v) is 5.46. The second-order valence-electron chi connectivity index (χ2n) is 7.60. The average molecular weight is 597 g/mol.